The van der Waals surface area contributed by atoms with Crippen molar-refractivity contribution in [3.63, 3.8) is 0 Å². The van der Waals surface area contributed by atoms with Crippen molar-refractivity contribution in [3.05, 3.63) is 0 Å². The minimum atomic E-state index is -0.450. The second kappa shape index (κ2) is 10.2. The zero-order valence-corrected chi connectivity index (χ0v) is 16.7. The van der Waals surface area contributed by atoms with E-state index >= 15 is 0 Å². The largest absolute Gasteiger partial charge is 0.444 e. The third kappa shape index (κ3) is 8.34. The van der Waals surface area contributed by atoms with Gasteiger partial charge in [0.05, 0.1) is 0 Å². The third-order valence-electron chi connectivity index (χ3n) is 4.69. The van der Waals surface area contributed by atoms with Gasteiger partial charge in [0, 0.05) is 25.2 Å². The first-order valence-electron chi connectivity index (χ1n) is 9.70. The molecule has 0 aromatic heterocycles. The van der Waals surface area contributed by atoms with Crippen molar-refractivity contribution >= 4 is 6.09 Å². The molecule has 1 rings (SSSR count). The Bertz CT molecular complexity index is 366. The summed E-state index contributed by atoms with van der Waals surface area (Å²) in [5, 5.41) is 6.61. The number of nitrogens with zero attached hydrogens (tertiary/aromatic N) is 1. The number of hydrogen-bond donors (Lipinski definition) is 2. The Hall–Kier alpha value is -0.810. The van der Waals surface area contributed by atoms with Crippen LogP contribution in [0.25, 0.3) is 0 Å². The summed E-state index contributed by atoms with van der Waals surface area (Å²) >= 11 is 0. The lowest BCUT2D eigenvalue weighted by molar-refractivity contribution is 0.0500. The molecule has 0 saturated carbocycles. The molecule has 142 valence electrons. The molecule has 3 atom stereocenters. The van der Waals surface area contributed by atoms with E-state index < -0.39 is 5.60 Å². The highest BCUT2D eigenvalue weighted by Gasteiger charge is 2.25. The maximum atomic E-state index is 11.9. The number of alkyl carbamates (subject to hydrolysis) is 1. The zero-order chi connectivity index (χ0) is 18.2. The first-order valence-corrected chi connectivity index (χ1v) is 9.70. The zero-order valence-electron chi connectivity index (χ0n) is 16.7. The standard InChI is InChI=1S/C19H39N3O2/c1-7-11-22-12-9-10-16(14-22)15(3)20-13-17(8-2)21-18(23)24-19(4,5)6/h15-17,20H,7-14H2,1-6H3,(H,21,23). The van der Waals surface area contributed by atoms with Crippen molar-refractivity contribution in [2.75, 3.05) is 26.2 Å². The fourth-order valence-electron chi connectivity index (χ4n) is 3.29. The van der Waals surface area contributed by atoms with Crippen LogP contribution in [-0.4, -0.2) is 54.9 Å². The molecule has 1 heterocycles. The van der Waals surface area contributed by atoms with E-state index in [2.05, 4.69) is 36.3 Å². The highest BCUT2D eigenvalue weighted by atomic mass is 16.6. The molecule has 0 aromatic rings. The van der Waals surface area contributed by atoms with E-state index in [1.54, 1.807) is 0 Å². The Morgan fingerprint density at radius 2 is 2.04 bits per heavy atom. The number of hydrogen-bond acceptors (Lipinski definition) is 4. The Kier molecular flexibility index (Phi) is 9.06. The summed E-state index contributed by atoms with van der Waals surface area (Å²) < 4.78 is 5.35. The highest BCUT2D eigenvalue weighted by Crippen LogP contribution is 2.20. The summed E-state index contributed by atoms with van der Waals surface area (Å²) in [5.74, 6) is 0.698. The number of carbonyl (C=O) groups is 1. The smallest absolute Gasteiger partial charge is 0.407 e. The minimum Gasteiger partial charge on any atom is -0.444 e. The Morgan fingerprint density at radius 3 is 2.62 bits per heavy atom. The average molecular weight is 342 g/mol. The molecule has 1 amide bonds. The van der Waals surface area contributed by atoms with Crippen LogP contribution in [0.2, 0.25) is 0 Å². The van der Waals surface area contributed by atoms with E-state index in [1.807, 2.05) is 20.8 Å². The van der Waals surface area contributed by atoms with E-state index in [1.165, 1.54) is 38.9 Å². The van der Waals surface area contributed by atoms with Crippen LogP contribution < -0.4 is 10.6 Å². The van der Waals surface area contributed by atoms with Crippen LogP contribution in [0.3, 0.4) is 0 Å². The van der Waals surface area contributed by atoms with Crippen LogP contribution in [0.5, 0.6) is 0 Å². The molecule has 24 heavy (non-hydrogen) atoms. The average Bonchev–Trinajstić information content (AvgIpc) is 2.50. The van der Waals surface area contributed by atoms with Gasteiger partial charge in [0.25, 0.3) is 0 Å². The van der Waals surface area contributed by atoms with Crippen LogP contribution in [0, 0.1) is 5.92 Å². The SMILES string of the molecule is CCCN1CCCC(C(C)NCC(CC)NC(=O)OC(C)(C)C)C1. The summed E-state index contributed by atoms with van der Waals surface area (Å²) in [7, 11) is 0. The molecular weight excluding hydrogens is 302 g/mol. The van der Waals surface area contributed by atoms with E-state index in [0.29, 0.717) is 12.0 Å². The second-order valence-electron chi connectivity index (χ2n) is 8.15. The Morgan fingerprint density at radius 1 is 1.33 bits per heavy atom. The minimum absolute atomic E-state index is 0.109. The van der Waals surface area contributed by atoms with Gasteiger partial charge in [-0.05, 0) is 72.4 Å². The molecule has 0 radical (unpaired) electrons. The van der Waals surface area contributed by atoms with Gasteiger partial charge in [-0.3, -0.25) is 0 Å². The Balaban J connectivity index is 2.37. The van der Waals surface area contributed by atoms with Crippen LogP contribution in [0.15, 0.2) is 0 Å². The van der Waals surface area contributed by atoms with E-state index in [9.17, 15) is 4.79 Å². The molecule has 0 spiro atoms. The van der Waals surface area contributed by atoms with Crippen LogP contribution >= 0.6 is 0 Å². The lowest BCUT2D eigenvalue weighted by Gasteiger charge is -2.36. The number of amides is 1. The molecule has 5 heteroatoms. The maximum Gasteiger partial charge on any atom is 0.407 e. The second-order valence-corrected chi connectivity index (χ2v) is 8.15. The number of ether oxygens (including phenoxy) is 1. The van der Waals surface area contributed by atoms with Crippen LogP contribution in [0.4, 0.5) is 4.79 Å². The molecule has 0 aromatic carbocycles. The highest BCUT2D eigenvalue weighted by molar-refractivity contribution is 5.68. The number of rotatable bonds is 8. The number of carbonyl (C=O) groups excluding carboxylic acids is 1. The van der Waals surface area contributed by atoms with Gasteiger partial charge in [0.1, 0.15) is 5.60 Å². The van der Waals surface area contributed by atoms with Crippen molar-refractivity contribution in [3.8, 4) is 0 Å². The molecule has 1 saturated heterocycles. The normalized spacial score (nSPS) is 22.0. The molecule has 5 nitrogen and oxygen atoms in total. The summed E-state index contributed by atoms with van der Waals surface area (Å²) in [5.41, 5.74) is -0.450. The van der Waals surface area contributed by atoms with Gasteiger partial charge in [0.2, 0.25) is 0 Å². The summed E-state index contributed by atoms with van der Waals surface area (Å²) in [6.07, 6.45) is 4.39. The monoisotopic (exact) mass is 341 g/mol. The maximum absolute atomic E-state index is 11.9. The number of likely N-dealkylation sites (tertiary alicyclic amines) is 1. The fourth-order valence-corrected chi connectivity index (χ4v) is 3.29. The van der Waals surface area contributed by atoms with Gasteiger partial charge >= 0.3 is 6.09 Å². The van der Waals surface area contributed by atoms with Crippen LogP contribution in [0.1, 0.15) is 67.2 Å². The number of piperidine rings is 1. The fraction of sp³-hybridized carbons (Fsp3) is 0.947. The van der Waals surface area contributed by atoms with Gasteiger partial charge in [-0.15, -0.1) is 0 Å². The summed E-state index contributed by atoms with van der Waals surface area (Å²) in [6.45, 7) is 16.7. The molecule has 2 N–H and O–H groups in total. The van der Waals surface area contributed by atoms with Crippen molar-refractivity contribution in [2.24, 2.45) is 5.92 Å². The summed E-state index contributed by atoms with van der Waals surface area (Å²) in [6, 6.07) is 0.580. The topological polar surface area (TPSA) is 53.6 Å². The molecule has 1 fully saturated rings. The van der Waals surface area contributed by atoms with Crippen molar-refractivity contribution in [1.82, 2.24) is 15.5 Å². The molecule has 1 aliphatic heterocycles. The van der Waals surface area contributed by atoms with Gasteiger partial charge in [-0.25, -0.2) is 4.79 Å². The van der Waals surface area contributed by atoms with E-state index in [4.69, 9.17) is 4.74 Å². The Labute approximate surface area is 148 Å². The number of nitrogens with one attached hydrogen (secondary N) is 2. The predicted molar refractivity (Wildman–Crippen MR) is 100 cm³/mol. The van der Waals surface area contributed by atoms with Crippen molar-refractivity contribution in [1.29, 1.82) is 0 Å². The predicted octanol–water partition coefficient (Wildman–Crippen LogP) is 3.39. The third-order valence-corrected chi connectivity index (χ3v) is 4.69. The first-order chi connectivity index (χ1) is 11.2. The lowest BCUT2D eigenvalue weighted by Crippen LogP contribution is -2.49. The summed E-state index contributed by atoms with van der Waals surface area (Å²) in [4.78, 5) is 14.5. The van der Waals surface area contributed by atoms with E-state index in [-0.39, 0.29) is 12.1 Å². The van der Waals surface area contributed by atoms with Gasteiger partial charge < -0.3 is 20.3 Å². The van der Waals surface area contributed by atoms with Gasteiger partial charge in [0.15, 0.2) is 0 Å². The van der Waals surface area contributed by atoms with Crippen molar-refractivity contribution < 1.29 is 9.53 Å². The molecule has 1 aliphatic rings. The quantitative estimate of drug-likeness (QED) is 0.710. The molecule has 0 bridgehead atoms. The van der Waals surface area contributed by atoms with Gasteiger partial charge in [-0.1, -0.05) is 13.8 Å². The van der Waals surface area contributed by atoms with E-state index in [0.717, 1.165) is 13.0 Å². The molecule has 3 unspecified atom stereocenters. The first kappa shape index (κ1) is 21.2. The van der Waals surface area contributed by atoms with Crippen LogP contribution in [-0.2, 0) is 4.74 Å². The molecule has 0 aliphatic carbocycles. The lowest BCUT2D eigenvalue weighted by atomic mass is 9.91. The van der Waals surface area contributed by atoms with Crippen molar-refractivity contribution in [2.45, 2.75) is 84.9 Å². The van der Waals surface area contributed by atoms with Gasteiger partial charge in [-0.2, -0.15) is 0 Å². The molecular formula is C19H39N3O2.